The quantitative estimate of drug-likeness (QED) is 0.429. The Morgan fingerprint density at radius 2 is 2.00 bits per heavy atom. The van der Waals surface area contributed by atoms with E-state index in [0.29, 0.717) is 17.9 Å². The van der Waals surface area contributed by atoms with Gasteiger partial charge in [0, 0.05) is 6.54 Å². The van der Waals surface area contributed by atoms with Gasteiger partial charge in [0.1, 0.15) is 0 Å². The number of aryl methyl sites for hydroxylation is 1. The molecule has 0 radical (unpaired) electrons. The van der Waals surface area contributed by atoms with Gasteiger partial charge in [-0.25, -0.2) is 0 Å². The van der Waals surface area contributed by atoms with Crippen molar-refractivity contribution in [3.8, 4) is 0 Å². The van der Waals surface area contributed by atoms with Gasteiger partial charge in [-0.1, -0.05) is 19.4 Å². The van der Waals surface area contributed by atoms with E-state index < -0.39 is 11.8 Å². The fourth-order valence-electron chi connectivity index (χ4n) is 1.43. The SMILES string of the molecule is CCCCNC(=O)C(=O)Nc1ccc(C)cc1N. The molecule has 0 saturated carbocycles. The summed E-state index contributed by atoms with van der Waals surface area (Å²) in [5.41, 5.74) is 7.65. The lowest BCUT2D eigenvalue weighted by molar-refractivity contribution is -0.136. The van der Waals surface area contributed by atoms with Crippen LogP contribution in [0.2, 0.25) is 0 Å². The molecule has 4 N–H and O–H groups in total. The first-order chi connectivity index (χ1) is 8.54. The van der Waals surface area contributed by atoms with Crippen molar-refractivity contribution in [1.29, 1.82) is 0 Å². The van der Waals surface area contributed by atoms with Crippen LogP contribution in [0.4, 0.5) is 11.4 Å². The predicted octanol–water partition coefficient (Wildman–Crippen LogP) is 1.43. The minimum atomic E-state index is -0.693. The maximum atomic E-state index is 11.6. The number of anilines is 2. The van der Waals surface area contributed by atoms with Gasteiger partial charge in [-0.3, -0.25) is 9.59 Å². The van der Waals surface area contributed by atoms with Gasteiger partial charge in [-0.05, 0) is 31.0 Å². The smallest absolute Gasteiger partial charge is 0.313 e. The summed E-state index contributed by atoms with van der Waals surface area (Å²) >= 11 is 0. The van der Waals surface area contributed by atoms with Crippen LogP contribution < -0.4 is 16.4 Å². The first kappa shape index (κ1) is 14.0. The van der Waals surface area contributed by atoms with Crippen molar-refractivity contribution in [2.45, 2.75) is 26.7 Å². The van der Waals surface area contributed by atoms with Gasteiger partial charge in [-0.2, -0.15) is 0 Å². The summed E-state index contributed by atoms with van der Waals surface area (Å²) in [6.07, 6.45) is 1.82. The van der Waals surface area contributed by atoms with Crippen molar-refractivity contribution in [1.82, 2.24) is 5.32 Å². The second kappa shape index (κ2) is 6.64. The lowest BCUT2D eigenvalue weighted by Gasteiger charge is -2.08. The van der Waals surface area contributed by atoms with Crippen LogP contribution >= 0.6 is 0 Å². The van der Waals surface area contributed by atoms with E-state index >= 15 is 0 Å². The molecule has 5 nitrogen and oxygen atoms in total. The molecule has 0 heterocycles. The van der Waals surface area contributed by atoms with Gasteiger partial charge < -0.3 is 16.4 Å². The fraction of sp³-hybridized carbons (Fsp3) is 0.385. The van der Waals surface area contributed by atoms with Crippen molar-refractivity contribution in [3.05, 3.63) is 23.8 Å². The molecular weight excluding hydrogens is 230 g/mol. The molecule has 1 aromatic carbocycles. The second-order valence-electron chi connectivity index (χ2n) is 4.15. The molecule has 1 aromatic rings. The minimum Gasteiger partial charge on any atom is -0.397 e. The number of hydrogen-bond acceptors (Lipinski definition) is 3. The number of benzene rings is 1. The van der Waals surface area contributed by atoms with Crippen LogP contribution in [0.1, 0.15) is 25.3 Å². The Bertz CT molecular complexity index is 444. The number of unbranched alkanes of at least 4 members (excludes halogenated alkanes) is 1. The molecule has 5 heteroatoms. The zero-order valence-electron chi connectivity index (χ0n) is 10.7. The average molecular weight is 249 g/mol. The molecular formula is C13H19N3O2. The predicted molar refractivity (Wildman–Crippen MR) is 72.1 cm³/mol. The lowest BCUT2D eigenvalue weighted by Crippen LogP contribution is -2.36. The zero-order chi connectivity index (χ0) is 13.5. The van der Waals surface area contributed by atoms with E-state index in [9.17, 15) is 9.59 Å². The first-order valence-corrected chi connectivity index (χ1v) is 6.00. The monoisotopic (exact) mass is 249 g/mol. The Morgan fingerprint density at radius 1 is 1.28 bits per heavy atom. The third kappa shape index (κ3) is 4.08. The van der Waals surface area contributed by atoms with Crippen molar-refractivity contribution < 1.29 is 9.59 Å². The molecule has 1 rings (SSSR count). The van der Waals surface area contributed by atoms with Crippen molar-refractivity contribution in [2.24, 2.45) is 0 Å². The summed E-state index contributed by atoms with van der Waals surface area (Å²) in [5, 5.41) is 5.03. The topological polar surface area (TPSA) is 84.2 Å². The van der Waals surface area contributed by atoms with Crippen LogP contribution in [0.25, 0.3) is 0 Å². The maximum Gasteiger partial charge on any atom is 0.313 e. The summed E-state index contributed by atoms with van der Waals surface area (Å²) in [6, 6.07) is 5.24. The van der Waals surface area contributed by atoms with Crippen LogP contribution in [0.5, 0.6) is 0 Å². The number of nitrogens with two attached hydrogens (primary N) is 1. The van der Waals surface area contributed by atoms with E-state index in [1.165, 1.54) is 0 Å². The van der Waals surface area contributed by atoms with E-state index in [2.05, 4.69) is 10.6 Å². The molecule has 0 saturated heterocycles. The van der Waals surface area contributed by atoms with Crippen LogP contribution in [-0.4, -0.2) is 18.4 Å². The highest BCUT2D eigenvalue weighted by atomic mass is 16.2. The highest BCUT2D eigenvalue weighted by molar-refractivity contribution is 6.39. The van der Waals surface area contributed by atoms with Crippen LogP contribution in [-0.2, 0) is 9.59 Å². The largest absolute Gasteiger partial charge is 0.397 e. The van der Waals surface area contributed by atoms with Crippen LogP contribution in [0.3, 0.4) is 0 Å². The normalized spacial score (nSPS) is 9.89. The number of nitrogen functional groups attached to an aromatic ring is 1. The van der Waals surface area contributed by atoms with Gasteiger partial charge in [0.2, 0.25) is 0 Å². The van der Waals surface area contributed by atoms with Gasteiger partial charge in [0.25, 0.3) is 0 Å². The summed E-state index contributed by atoms with van der Waals surface area (Å²) in [7, 11) is 0. The Hall–Kier alpha value is -2.04. The lowest BCUT2D eigenvalue weighted by atomic mass is 10.2. The van der Waals surface area contributed by atoms with Gasteiger partial charge >= 0.3 is 11.8 Å². The maximum absolute atomic E-state index is 11.6. The summed E-state index contributed by atoms with van der Waals surface area (Å²) in [5.74, 6) is -1.33. The van der Waals surface area contributed by atoms with E-state index in [0.717, 1.165) is 18.4 Å². The number of amides is 2. The number of rotatable bonds is 4. The molecule has 18 heavy (non-hydrogen) atoms. The molecule has 0 unspecified atom stereocenters. The van der Waals surface area contributed by atoms with E-state index in [1.807, 2.05) is 19.9 Å². The number of carbonyl (C=O) groups excluding carboxylic acids is 2. The summed E-state index contributed by atoms with van der Waals surface area (Å²) in [4.78, 5) is 23.0. The van der Waals surface area contributed by atoms with Crippen LogP contribution in [0.15, 0.2) is 18.2 Å². The fourth-order valence-corrected chi connectivity index (χ4v) is 1.43. The Kier molecular flexibility index (Phi) is 5.17. The minimum absolute atomic E-state index is 0.449. The zero-order valence-corrected chi connectivity index (χ0v) is 10.7. The van der Waals surface area contributed by atoms with E-state index in [-0.39, 0.29) is 0 Å². The molecule has 98 valence electrons. The Morgan fingerprint density at radius 3 is 2.61 bits per heavy atom. The summed E-state index contributed by atoms with van der Waals surface area (Å²) < 4.78 is 0. The van der Waals surface area contributed by atoms with Gasteiger partial charge in [0.05, 0.1) is 11.4 Å². The van der Waals surface area contributed by atoms with Gasteiger partial charge in [0.15, 0.2) is 0 Å². The van der Waals surface area contributed by atoms with Crippen molar-refractivity contribution >= 4 is 23.2 Å². The molecule has 0 aliphatic rings. The molecule has 0 fully saturated rings. The highest BCUT2D eigenvalue weighted by Gasteiger charge is 2.13. The molecule has 0 spiro atoms. The van der Waals surface area contributed by atoms with Crippen molar-refractivity contribution in [3.63, 3.8) is 0 Å². The molecule has 0 atom stereocenters. The van der Waals surface area contributed by atoms with E-state index in [4.69, 9.17) is 5.73 Å². The standard InChI is InChI=1S/C13H19N3O2/c1-3-4-7-15-12(17)13(18)16-11-6-5-9(2)8-10(11)14/h5-6,8H,3-4,7,14H2,1-2H3,(H,15,17)(H,16,18). The average Bonchev–Trinajstić information content (AvgIpc) is 2.32. The summed E-state index contributed by atoms with van der Waals surface area (Å²) in [6.45, 7) is 4.42. The third-order valence-electron chi connectivity index (χ3n) is 2.48. The number of nitrogens with one attached hydrogen (secondary N) is 2. The van der Waals surface area contributed by atoms with Crippen molar-refractivity contribution in [2.75, 3.05) is 17.6 Å². The third-order valence-corrected chi connectivity index (χ3v) is 2.48. The molecule has 0 aliphatic carbocycles. The second-order valence-corrected chi connectivity index (χ2v) is 4.15. The first-order valence-electron chi connectivity index (χ1n) is 6.00. The molecule has 0 bridgehead atoms. The molecule has 2 amide bonds. The Balaban J connectivity index is 2.56. The molecule has 0 aromatic heterocycles. The van der Waals surface area contributed by atoms with Crippen LogP contribution in [0, 0.1) is 6.92 Å². The Labute approximate surface area is 107 Å². The highest BCUT2D eigenvalue weighted by Crippen LogP contribution is 2.19. The van der Waals surface area contributed by atoms with Gasteiger partial charge in [-0.15, -0.1) is 0 Å². The molecule has 0 aliphatic heterocycles. The van der Waals surface area contributed by atoms with E-state index in [1.54, 1.807) is 12.1 Å². The number of carbonyl (C=O) groups is 2. The number of hydrogen-bond donors (Lipinski definition) is 3.